The van der Waals surface area contributed by atoms with Crippen LogP contribution in [-0.4, -0.2) is 26.2 Å². The number of nitriles is 1. The Labute approximate surface area is 170 Å². The van der Waals surface area contributed by atoms with Crippen LogP contribution in [0, 0.1) is 18.3 Å². The standard InChI is InChI=1S/C23H25N5O/c1-15(2)28-21-19(13-25-28)18(22(29)27-23(14-24)10-6-7-11-23)12-20(26-21)17-9-5-4-8-16(17)3/h4-5,8-9,12-13,15H,6-7,10-11H2,1-3H3,(H,27,29). The zero-order valence-corrected chi connectivity index (χ0v) is 17.1. The summed E-state index contributed by atoms with van der Waals surface area (Å²) in [4.78, 5) is 18.2. The highest BCUT2D eigenvalue weighted by Crippen LogP contribution is 2.31. The van der Waals surface area contributed by atoms with Crippen molar-refractivity contribution in [3.05, 3.63) is 47.7 Å². The zero-order valence-electron chi connectivity index (χ0n) is 17.1. The minimum Gasteiger partial charge on any atom is -0.334 e. The number of carbonyl (C=O) groups is 1. The quantitative estimate of drug-likeness (QED) is 0.711. The summed E-state index contributed by atoms with van der Waals surface area (Å²) in [6.07, 6.45) is 5.00. The van der Waals surface area contributed by atoms with Crippen molar-refractivity contribution in [3.63, 3.8) is 0 Å². The number of aromatic nitrogens is 3. The molecule has 0 atom stereocenters. The summed E-state index contributed by atoms with van der Waals surface area (Å²) in [5, 5.41) is 17.9. The highest BCUT2D eigenvalue weighted by atomic mass is 16.1. The maximum Gasteiger partial charge on any atom is 0.253 e. The number of rotatable bonds is 4. The summed E-state index contributed by atoms with van der Waals surface area (Å²) in [7, 11) is 0. The summed E-state index contributed by atoms with van der Waals surface area (Å²) < 4.78 is 1.84. The highest BCUT2D eigenvalue weighted by molar-refractivity contribution is 6.07. The third-order valence-corrected chi connectivity index (χ3v) is 5.75. The van der Waals surface area contributed by atoms with Crippen molar-refractivity contribution in [1.29, 1.82) is 5.26 Å². The molecule has 1 fully saturated rings. The lowest BCUT2D eigenvalue weighted by Crippen LogP contribution is -2.45. The number of nitrogens with zero attached hydrogens (tertiary/aromatic N) is 4. The van der Waals surface area contributed by atoms with Gasteiger partial charge in [0.05, 0.1) is 28.9 Å². The average molecular weight is 387 g/mol. The van der Waals surface area contributed by atoms with E-state index in [2.05, 4.69) is 16.5 Å². The normalized spacial score (nSPS) is 15.6. The number of fused-ring (bicyclic) bond motifs is 1. The molecule has 1 aliphatic carbocycles. The number of hydrogen-bond acceptors (Lipinski definition) is 4. The van der Waals surface area contributed by atoms with Gasteiger partial charge in [0.15, 0.2) is 5.65 Å². The summed E-state index contributed by atoms with van der Waals surface area (Å²) in [5.74, 6) is -0.237. The van der Waals surface area contributed by atoms with Crippen LogP contribution < -0.4 is 5.32 Å². The molecule has 29 heavy (non-hydrogen) atoms. The van der Waals surface area contributed by atoms with E-state index in [9.17, 15) is 10.1 Å². The molecule has 1 aliphatic rings. The number of pyridine rings is 1. The van der Waals surface area contributed by atoms with Gasteiger partial charge in [0.2, 0.25) is 0 Å². The van der Waals surface area contributed by atoms with E-state index in [-0.39, 0.29) is 11.9 Å². The summed E-state index contributed by atoms with van der Waals surface area (Å²) in [6.45, 7) is 6.11. The average Bonchev–Trinajstić information content (AvgIpc) is 3.35. The lowest BCUT2D eigenvalue weighted by Gasteiger charge is -2.22. The second-order valence-corrected chi connectivity index (χ2v) is 8.15. The van der Waals surface area contributed by atoms with Gasteiger partial charge >= 0.3 is 0 Å². The monoisotopic (exact) mass is 387 g/mol. The lowest BCUT2D eigenvalue weighted by molar-refractivity contribution is 0.0922. The second kappa shape index (κ2) is 7.32. The largest absolute Gasteiger partial charge is 0.334 e. The summed E-state index contributed by atoms with van der Waals surface area (Å²) >= 11 is 0. The van der Waals surface area contributed by atoms with Crippen molar-refractivity contribution in [3.8, 4) is 17.3 Å². The maximum atomic E-state index is 13.3. The van der Waals surface area contributed by atoms with Gasteiger partial charge in [-0.2, -0.15) is 10.4 Å². The molecule has 0 aliphatic heterocycles. The molecule has 3 aromatic rings. The molecule has 1 N–H and O–H groups in total. The van der Waals surface area contributed by atoms with Gasteiger partial charge in [-0.3, -0.25) is 4.79 Å². The van der Waals surface area contributed by atoms with Crippen LogP contribution in [0.25, 0.3) is 22.3 Å². The molecular weight excluding hydrogens is 362 g/mol. The summed E-state index contributed by atoms with van der Waals surface area (Å²) in [6, 6.07) is 12.3. The maximum absolute atomic E-state index is 13.3. The fraction of sp³-hybridized carbons (Fsp3) is 0.391. The molecule has 6 heteroatoms. The first-order valence-electron chi connectivity index (χ1n) is 10.1. The van der Waals surface area contributed by atoms with E-state index in [0.717, 1.165) is 29.7 Å². The van der Waals surface area contributed by atoms with Crippen molar-refractivity contribution in [2.24, 2.45) is 0 Å². The smallest absolute Gasteiger partial charge is 0.253 e. The van der Waals surface area contributed by atoms with Gasteiger partial charge in [-0.05, 0) is 58.1 Å². The van der Waals surface area contributed by atoms with Crippen LogP contribution in [0.15, 0.2) is 36.5 Å². The van der Waals surface area contributed by atoms with Gasteiger partial charge in [0.25, 0.3) is 5.91 Å². The van der Waals surface area contributed by atoms with E-state index in [1.807, 2.05) is 55.8 Å². The molecule has 1 aromatic carbocycles. The van der Waals surface area contributed by atoms with E-state index in [0.29, 0.717) is 29.4 Å². The minimum absolute atomic E-state index is 0.114. The summed E-state index contributed by atoms with van der Waals surface area (Å²) in [5.41, 5.74) is 3.23. The van der Waals surface area contributed by atoms with Crippen molar-refractivity contribution >= 4 is 16.9 Å². The Morgan fingerprint density at radius 3 is 2.66 bits per heavy atom. The number of benzene rings is 1. The van der Waals surface area contributed by atoms with Gasteiger partial charge in [0, 0.05) is 11.6 Å². The first kappa shape index (κ1) is 19.1. The zero-order chi connectivity index (χ0) is 20.6. The Balaban J connectivity index is 1.87. The molecule has 2 heterocycles. The van der Waals surface area contributed by atoms with Gasteiger partial charge < -0.3 is 5.32 Å². The topological polar surface area (TPSA) is 83.6 Å². The van der Waals surface area contributed by atoms with Crippen LogP contribution >= 0.6 is 0 Å². The third kappa shape index (κ3) is 3.38. The van der Waals surface area contributed by atoms with E-state index in [1.54, 1.807) is 6.20 Å². The van der Waals surface area contributed by atoms with Gasteiger partial charge in [0.1, 0.15) is 5.54 Å². The Kier molecular flexibility index (Phi) is 4.83. The first-order valence-corrected chi connectivity index (χ1v) is 10.1. The molecule has 6 nitrogen and oxygen atoms in total. The van der Waals surface area contributed by atoms with E-state index in [1.165, 1.54) is 0 Å². The molecule has 4 rings (SSSR count). The molecule has 1 amide bonds. The molecule has 0 bridgehead atoms. The van der Waals surface area contributed by atoms with Crippen LogP contribution in [0.1, 0.15) is 61.5 Å². The van der Waals surface area contributed by atoms with Crippen molar-refractivity contribution in [2.45, 2.75) is 58.0 Å². The van der Waals surface area contributed by atoms with Gasteiger partial charge in [-0.1, -0.05) is 24.3 Å². The van der Waals surface area contributed by atoms with Crippen molar-refractivity contribution in [1.82, 2.24) is 20.1 Å². The molecule has 0 unspecified atom stereocenters. The SMILES string of the molecule is Cc1ccccc1-c1cc(C(=O)NC2(C#N)CCCC2)c2cnn(C(C)C)c2n1. The molecule has 1 saturated carbocycles. The van der Waals surface area contributed by atoms with Crippen molar-refractivity contribution < 1.29 is 4.79 Å². The van der Waals surface area contributed by atoms with Crippen LogP contribution in [0.3, 0.4) is 0 Å². The Hall–Kier alpha value is -3.20. The molecule has 0 radical (unpaired) electrons. The number of hydrogen-bond donors (Lipinski definition) is 1. The van der Waals surface area contributed by atoms with E-state index in [4.69, 9.17) is 4.98 Å². The minimum atomic E-state index is -0.774. The third-order valence-electron chi connectivity index (χ3n) is 5.75. The molecule has 148 valence electrons. The Bertz CT molecular complexity index is 1120. The molecule has 2 aromatic heterocycles. The number of aryl methyl sites for hydroxylation is 1. The van der Waals surface area contributed by atoms with Crippen LogP contribution in [-0.2, 0) is 0 Å². The number of nitrogens with one attached hydrogen (secondary N) is 1. The highest BCUT2D eigenvalue weighted by Gasteiger charge is 2.36. The molecule has 0 saturated heterocycles. The van der Waals surface area contributed by atoms with E-state index < -0.39 is 5.54 Å². The van der Waals surface area contributed by atoms with Crippen LogP contribution in [0.5, 0.6) is 0 Å². The lowest BCUT2D eigenvalue weighted by atomic mass is 9.98. The Morgan fingerprint density at radius 1 is 1.28 bits per heavy atom. The Morgan fingerprint density at radius 2 is 2.00 bits per heavy atom. The van der Waals surface area contributed by atoms with Gasteiger partial charge in [-0.15, -0.1) is 0 Å². The van der Waals surface area contributed by atoms with Crippen LogP contribution in [0.2, 0.25) is 0 Å². The predicted molar refractivity (Wildman–Crippen MR) is 112 cm³/mol. The molecule has 0 spiro atoms. The molecular formula is C23H25N5O. The fourth-order valence-electron chi connectivity index (χ4n) is 4.11. The fourth-order valence-corrected chi connectivity index (χ4v) is 4.11. The van der Waals surface area contributed by atoms with Gasteiger partial charge in [-0.25, -0.2) is 9.67 Å². The second-order valence-electron chi connectivity index (χ2n) is 8.15. The number of amides is 1. The van der Waals surface area contributed by atoms with Crippen molar-refractivity contribution in [2.75, 3.05) is 0 Å². The number of carbonyl (C=O) groups excluding carboxylic acids is 1. The van der Waals surface area contributed by atoms with Crippen LogP contribution in [0.4, 0.5) is 0 Å². The predicted octanol–water partition coefficient (Wildman–Crippen LogP) is 4.55. The van der Waals surface area contributed by atoms with E-state index >= 15 is 0 Å². The first-order chi connectivity index (χ1) is 13.9.